The Balaban J connectivity index is 1.48. The SMILES string of the molecule is COCc1ccc(OC)c(CN2C[C@@H]3ON=C(c4ccc(C)cc4)[C@H]3C2)c1. The van der Waals surface area contributed by atoms with Gasteiger partial charge in [-0.2, -0.15) is 0 Å². The lowest BCUT2D eigenvalue weighted by atomic mass is 9.94. The molecule has 0 bridgehead atoms. The summed E-state index contributed by atoms with van der Waals surface area (Å²) in [5.74, 6) is 1.24. The van der Waals surface area contributed by atoms with Gasteiger partial charge in [-0.1, -0.05) is 41.1 Å². The van der Waals surface area contributed by atoms with Gasteiger partial charge in [0.1, 0.15) is 11.9 Å². The van der Waals surface area contributed by atoms with E-state index in [0.717, 1.165) is 42.2 Å². The lowest BCUT2D eigenvalue weighted by Crippen LogP contribution is -2.23. The zero-order valence-electron chi connectivity index (χ0n) is 16.1. The molecular weight excluding hydrogens is 340 g/mol. The van der Waals surface area contributed by atoms with Crippen molar-refractivity contribution < 1.29 is 14.3 Å². The number of hydrogen-bond acceptors (Lipinski definition) is 5. The number of oxime groups is 1. The summed E-state index contributed by atoms with van der Waals surface area (Å²) in [6.45, 7) is 5.35. The van der Waals surface area contributed by atoms with E-state index in [1.54, 1.807) is 14.2 Å². The van der Waals surface area contributed by atoms with Crippen LogP contribution in [0.5, 0.6) is 5.75 Å². The number of nitrogens with zero attached hydrogens (tertiary/aromatic N) is 2. The fourth-order valence-electron chi connectivity index (χ4n) is 3.99. The van der Waals surface area contributed by atoms with Crippen LogP contribution in [0, 0.1) is 12.8 Å². The van der Waals surface area contributed by atoms with Crippen molar-refractivity contribution in [2.75, 3.05) is 27.3 Å². The zero-order chi connectivity index (χ0) is 18.8. The van der Waals surface area contributed by atoms with E-state index in [-0.39, 0.29) is 6.10 Å². The fourth-order valence-corrected chi connectivity index (χ4v) is 3.99. The van der Waals surface area contributed by atoms with E-state index in [2.05, 4.69) is 53.4 Å². The third-order valence-corrected chi connectivity index (χ3v) is 5.38. The van der Waals surface area contributed by atoms with Crippen LogP contribution >= 0.6 is 0 Å². The summed E-state index contributed by atoms with van der Waals surface area (Å²) >= 11 is 0. The van der Waals surface area contributed by atoms with E-state index >= 15 is 0 Å². The Morgan fingerprint density at radius 2 is 1.93 bits per heavy atom. The number of hydrogen-bond donors (Lipinski definition) is 0. The number of likely N-dealkylation sites (tertiary alicyclic amines) is 1. The van der Waals surface area contributed by atoms with Crippen molar-refractivity contribution in [2.24, 2.45) is 11.1 Å². The van der Waals surface area contributed by atoms with Crippen LogP contribution in [0.4, 0.5) is 0 Å². The molecule has 27 heavy (non-hydrogen) atoms. The minimum absolute atomic E-state index is 0.134. The van der Waals surface area contributed by atoms with Crippen LogP contribution in [0.25, 0.3) is 0 Å². The van der Waals surface area contributed by atoms with Gasteiger partial charge in [0.05, 0.1) is 25.3 Å². The predicted molar refractivity (Wildman–Crippen MR) is 105 cm³/mol. The van der Waals surface area contributed by atoms with Gasteiger partial charge in [0.15, 0.2) is 0 Å². The van der Waals surface area contributed by atoms with Crippen molar-refractivity contribution in [3.8, 4) is 5.75 Å². The Hall–Kier alpha value is -2.37. The molecule has 0 aliphatic carbocycles. The van der Waals surface area contributed by atoms with Crippen LogP contribution < -0.4 is 4.74 Å². The topological polar surface area (TPSA) is 43.3 Å². The highest BCUT2D eigenvalue weighted by Gasteiger charge is 2.42. The number of rotatable bonds is 6. The zero-order valence-corrected chi connectivity index (χ0v) is 16.1. The van der Waals surface area contributed by atoms with E-state index in [9.17, 15) is 0 Å². The molecule has 2 aromatic rings. The maximum absolute atomic E-state index is 5.76. The highest BCUT2D eigenvalue weighted by molar-refractivity contribution is 6.03. The highest BCUT2D eigenvalue weighted by atomic mass is 16.6. The summed E-state index contributed by atoms with van der Waals surface area (Å²) < 4.78 is 10.8. The third kappa shape index (κ3) is 3.70. The number of fused-ring (bicyclic) bond motifs is 1. The molecule has 1 fully saturated rings. The van der Waals surface area contributed by atoms with Crippen molar-refractivity contribution in [1.29, 1.82) is 0 Å². The molecule has 0 unspecified atom stereocenters. The molecule has 0 amide bonds. The lowest BCUT2D eigenvalue weighted by molar-refractivity contribution is 0.0744. The van der Waals surface area contributed by atoms with Gasteiger partial charge in [-0.3, -0.25) is 4.90 Å². The largest absolute Gasteiger partial charge is 0.496 e. The minimum Gasteiger partial charge on any atom is -0.496 e. The summed E-state index contributed by atoms with van der Waals surface area (Å²) in [7, 11) is 3.44. The first-order valence-corrected chi connectivity index (χ1v) is 9.35. The highest BCUT2D eigenvalue weighted by Crippen LogP contribution is 2.32. The van der Waals surface area contributed by atoms with Gasteiger partial charge in [0.25, 0.3) is 0 Å². The maximum atomic E-state index is 5.76. The first kappa shape index (κ1) is 18.0. The first-order chi connectivity index (χ1) is 13.2. The van der Waals surface area contributed by atoms with Crippen LogP contribution in [0.2, 0.25) is 0 Å². The summed E-state index contributed by atoms with van der Waals surface area (Å²) in [5, 5.41) is 4.38. The average molecular weight is 366 g/mol. The van der Waals surface area contributed by atoms with Crippen LogP contribution in [0.3, 0.4) is 0 Å². The first-order valence-electron chi connectivity index (χ1n) is 9.35. The van der Waals surface area contributed by atoms with Crippen molar-refractivity contribution in [2.45, 2.75) is 26.2 Å². The second-order valence-corrected chi connectivity index (χ2v) is 7.37. The minimum atomic E-state index is 0.134. The second-order valence-electron chi connectivity index (χ2n) is 7.37. The molecule has 2 heterocycles. The molecule has 142 valence electrons. The summed E-state index contributed by atoms with van der Waals surface area (Å²) in [4.78, 5) is 8.18. The number of benzene rings is 2. The standard InChI is InChI=1S/C22H26N2O3/c1-15-4-7-17(8-5-15)22-19-12-24(13-21(19)27-23-22)11-18-10-16(14-25-2)6-9-20(18)26-3/h4-10,19,21H,11-14H2,1-3H3/t19-,21-/m0/s1. The average Bonchev–Trinajstić information content (AvgIpc) is 3.23. The quantitative estimate of drug-likeness (QED) is 0.786. The van der Waals surface area contributed by atoms with Gasteiger partial charge >= 0.3 is 0 Å². The van der Waals surface area contributed by atoms with E-state index in [1.165, 1.54) is 11.1 Å². The molecule has 4 rings (SSSR count). The molecule has 1 saturated heterocycles. The molecule has 2 aliphatic rings. The molecule has 2 atom stereocenters. The molecule has 5 heteroatoms. The molecule has 0 N–H and O–H groups in total. The van der Waals surface area contributed by atoms with E-state index in [1.807, 2.05) is 6.07 Å². The van der Waals surface area contributed by atoms with Crippen molar-refractivity contribution in [1.82, 2.24) is 4.90 Å². The van der Waals surface area contributed by atoms with Gasteiger partial charge < -0.3 is 14.3 Å². The summed E-state index contributed by atoms with van der Waals surface area (Å²) in [6, 6.07) is 14.8. The number of methoxy groups -OCH3 is 2. The van der Waals surface area contributed by atoms with Crippen LogP contribution in [-0.4, -0.2) is 44.0 Å². The Labute approximate surface area is 160 Å². The fraction of sp³-hybridized carbons (Fsp3) is 0.409. The number of ether oxygens (including phenoxy) is 2. The lowest BCUT2D eigenvalue weighted by Gasteiger charge is -2.19. The maximum Gasteiger partial charge on any atom is 0.149 e. The Kier molecular flexibility index (Phi) is 5.14. The molecule has 0 saturated carbocycles. The summed E-state index contributed by atoms with van der Waals surface area (Å²) in [5.41, 5.74) is 5.83. The monoisotopic (exact) mass is 366 g/mol. The molecule has 5 nitrogen and oxygen atoms in total. The third-order valence-electron chi connectivity index (χ3n) is 5.38. The van der Waals surface area contributed by atoms with Gasteiger partial charge in [0, 0.05) is 32.3 Å². The van der Waals surface area contributed by atoms with Crippen molar-refractivity contribution >= 4 is 5.71 Å². The van der Waals surface area contributed by atoms with Gasteiger partial charge in [-0.05, 0) is 30.2 Å². The molecule has 0 radical (unpaired) electrons. The number of aryl methyl sites for hydroxylation is 1. The Bertz CT molecular complexity index is 832. The van der Waals surface area contributed by atoms with Crippen LogP contribution in [0.15, 0.2) is 47.6 Å². The van der Waals surface area contributed by atoms with Crippen LogP contribution in [-0.2, 0) is 22.7 Å². The second kappa shape index (κ2) is 7.71. The van der Waals surface area contributed by atoms with Crippen LogP contribution in [0.1, 0.15) is 22.3 Å². The Morgan fingerprint density at radius 1 is 1.11 bits per heavy atom. The predicted octanol–water partition coefficient (Wildman–Crippen LogP) is 3.38. The van der Waals surface area contributed by atoms with Gasteiger partial charge in [0.2, 0.25) is 0 Å². The van der Waals surface area contributed by atoms with Gasteiger partial charge in [-0.15, -0.1) is 0 Å². The van der Waals surface area contributed by atoms with E-state index in [0.29, 0.717) is 12.5 Å². The van der Waals surface area contributed by atoms with E-state index in [4.69, 9.17) is 14.3 Å². The smallest absolute Gasteiger partial charge is 0.149 e. The molecule has 2 aromatic carbocycles. The molecular formula is C22H26N2O3. The normalized spacial score (nSPS) is 21.7. The molecule has 0 spiro atoms. The van der Waals surface area contributed by atoms with Crippen molar-refractivity contribution in [3.05, 3.63) is 64.7 Å². The molecule has 0 aromatic heterocycles. The van der Waals surface area contributed by atoms with Crippen molar-refractivity contribution in [3.63, 3.8) is 0 Å². The van der Waals surface area contributed by atoms with E-state index < -0.39 is 0 Å². The Morgan fingerprint density at radius 3 is 2.67 bits per heavy atom. The summed E-state index contributed by atoms with van der Waals surface area (Å²) in [6.07, 6.45) is 0.134. The van der Waals surface area contributed by atoms with Gasteiger partial charge in [-0.25, -0.2) is 0 Å². The molecule has 2 aliphatic heterocycles.